The highest BCUT2D eigenvalue weighted by atomic mass is 35.5. The molecule has 10 heteroatoms. The highest BCUT2D eigenvalue weighted by molar-refractivity contribution is 6.33. The number of hydrogen-bond donors (Lipinski definition) is 1. The molecule has 0 aliphatic rings. The second-order valence-electron chi connectivity index (χ2n) is 5.87. The third-order valence-corrected chi connectivity index (χ3v) is 4.21. The van der Waals surface area contributed by atoms with E-state index in [1.54, 1.807) is 31.2 Å². The van der Waals surface area contributed by atoms with Crippen molar-refractivity contribution in [2.24, 2.45) is 0 Å². The molecular formula is C19H14ClN3O6. The molecule has 1 heterocycles. The lowest BCUT2D eigenvalue weighted by Gasteiger charge is -2.08. The first-order valence-corrected chi connectivity index (χ1v) is 8.67. The molecule has 2 aromatic carbocycles. The number of carbonyl (C=O) groups is 2. The Balaban J connectivity index is 1.69. The third-order valence-electron chi connectivity index (χ3n) is 3.88. The van der Waals surface area contributed by atoms with E-state index in [1.165, 1.54) is 12.1 Å². The zero-order valence-corrected chi connectivity index (χ0v) is 15.8. The summed E-state index contributed by atoms with van der Waals surface area (Å²) in [4.78, 5) is 34.8. The van der Waals surface area contributed by atoms with Gasteiger partial charge in [0, 0.05) is 17.7 Å². The quantitative estimate of drug-likeness (QED) is 0.366. The average molecular weight is 416 g/mol. The molecular weight excluding hydrogens is 402 g/mol. The van der Waals surface area contributed by atoms with Crippen molar-refractivity contribution in [1.29, 1.82) is 0 Å². The van der Waals surface area contributed by atoms with Crippen molar-refractivity contribution in [2.45, 2.75) is 6.92 Å². The number of amides is 1. The van der Waals surface area contributed by atoms with Gasteiger partial charge in [-0.3, -0.25) is 14.9 Å². The Morgan fingerprint density at radius 2 is 1.97 bits per heavy atom. The van der Waals surface area contributed by atoms with Gasteiger partial charge in [0.15, 0.2) is 6.61 Å². The summed E-state index contributed by atoms with van der Waals surface area (Å²) >= 11 is 5.93. The molecule has 0 radical (unpaired) electrons. The number of carbonyl (C=O) groups excluding carboxylic acids is 2. The number of aromatic nitrogens is 1. The van der Waals surface area contributed by atoms with Crippen molar-refractivity contribution in [3.8, 4) is 11.3 Å². The minimum atomic E-state index is -0.789. The van der Waals surface area contributed by atoms with Crippen LogP contribution in [0.4, 0.5) is 11.4 Å². The number of anilines is 1. The van der Waals surface area contributed by atoms with Crippen LogP contribution in [0, 0.1) is 17.0 Å². The molecule has 1 amide bonds. The predicted molar refractivity (Wildman–Crippen MR) is 104 cm³/mol. The van der Waals surface area contributed by atoms with E-state index in [4.69, 9.17) is 20.9 Å². The first-order valence-electron chi connectivity index (χ1n) is 8.29. The number of nitrogens with one attached hydrogen (secondary N) is 1. The van der Waals surface area contributed by atoms with Crippen LogP contribution >= 0.6 is 11.6 Å². The van der Waals surface area contributed by atoms with Gasteiger partial charge in [-0.05, 0) is 13.0 Å². The van der Waals surface area contributed by atoms with E-state index in [1.807, 2.05) is 6.07 Å². The maximum atomic E-state index is 12.5. The molecule has 0 spiro atoms. The molecule has 3 aromatic rings. The molecule has 0 unspecified atom stereocenters. The van der Waals surface area contributed by atoms with Gasteiger partial charge in [-0.25, -0.2) is 4.79 Å². The monoisotopic (exact) mass is 415 g/mol. The fraction of sp³-hybridized carbons (Fsp3) is 0.105. The van der Waals surface area contributed by atoms with E-state index in [0.29, 0.717) is 11.3 Å². The Bertz CT molecular complexity index is 1080. The first-order chi connectivity index (χ1) is 13.9. The Labute approximate surface area is 169 Å². The summed E-state index contributed by atoms with van der Waals surface area (Å²) in [7, 11) is 0. The summed E-state index contributed by atoms with van der Waals surface area (Å²) in [6.07, 6.45) is 0. The zero-order chi connectivity index (χ0) is 21.0. The molecule has 0 aliphatic heterocycles. The number of nitro groups is 1. The highest BCUT2D eigenvalue weighted by Crippen LogP contribution is 2.27. The Kier molecular flexibility index (Phi) is 5.89. The predicted octanol–water partition coefficient (Wildman–Crippen LogP) is 4.01. The minimum Gasteiger partial charge on any atom is -0.452 e. The second-order valence-corrected chi connectivity index (χ2v) is 6.28. The van der Waals surface area contributed by atoms with E-state index < -0.39 is 23.4 Å². The Morgan fingerprint density at radius 3 is 2.66 bits per heavy atom. The van der Waals surface area contributed by atoms with Crippen LogP contribution in [0.3, 0.4) is 0 Å². The normalized spacial score (nSPS) is 10.4. The van der Waals surface area contributed by atoms with Crippen molar-refractivity contribution >= 4 is 34.9 Å². The lowest BCUT2D eigenvalue weighted by molar-refractivity contribution is -0.384. The molecule has 0 fully saturated rings. The van der Waals surface area contributed by atoms with Crippen LogP contribution in [0.5, 0.6) is 0 Å². The van der Waals surface area contributed by atoms with Crippen molar-refractivity contribution in [1.82, 2.24) is 5.16 Å². The number of non-ortho nitro benzene ring substituents is 1. The van der Waals surface area contributed by atoms with Crippen LogP contribution in [0.2, 0.25) is 5.02 Å². The summed E-state index contributed by atoms with van der Waals surface area (Å²) in [6.45, 7) is 0.926. The molecule has 1 aromatic heterocycles. The van der Waals surface area contributed by atoms with E-state index in [-0.39, 0.29) is 27.7 Å². The Morgan fingerprint density at radius 1 is 1.24 bits per heavy atom. The SMILES string of the molecule is Cc1onc(-c2ccccc2)c1C(=O)OCC(=O)Nc1cc([N+](=O)[O-])ccc1Cl. The first kappa shape index (κ1) is 20.0. The third kappa shape index (κ3) is 4.58. The molecule has 0 bridgehead atoms. The summed E-state index contributed by atoms with van der Waals surface area (Å²) in [5, 5.41) is 17.2. The fourth-order valence-corrected chi connectivity index (χ4v) is 2.68. The standard InChI is InChI=1S/C19H14ClN3O6/c1-11-17(18(22-29-11)12-5-3-2-4-6-12)19(25)28-10-16(24)21-15-9-13(23(26)27)7-8-14(15)20/h2-9H,10H2,1H3,(H,21,24). The van der Waals surface area contributed by atoms with Crippen LogP contribution in [0.25, 0.3) is 11.3 Å². The number of hydrogen-bond acceptors (Lipinski definition) is 7. The second kappa shape index (κ2) is 8.53. The lowest BCUT2D eigenvalue weighted by atomic mass is 10.1. The molecule has 9 nitrogen and oxygen atoms in total. The number of nitrogens with zero attached hydrogens (tertiary/aromatic N) is 2. The van der Waals surface area contributed by atoms with Gasteiger partial charge in [0.25, 0.3) is 11.6 Å². The fourth-order valence-electron chi connectivity index (χ4n) is 2.52. The molecule has 3 rings (SSSR count). The molecule has 148 valence electrons. The summed E-state index contributed by atoms with van der Waals surface area (Å²) < 4.78 is 10.1. The van der Waals surface area contributed by atoms with Gasteiger partial charge in [0.2, 0.25) is 0 Å². The molecule has 0 saturated carbocycles. The number of halogens is 1. The van der Waals surface area contributed by atoms with Gasteiger partial charge in [-0.1, -0.05) is 47.1 Å². The van der Waals surface area contributed by atoms with E-state index in [2.05, 4.69) is 10.5 Å². The van der Waals surface area contributed by atoms with E-state index in [0.717, 1.165) is 6.07 Å². The van der Waals surface area contributed by atoms with E-state index >= 15 is 0 Å². The number of ether oxygens (including phenoxy) is 1. The molecule has 29 heavy (non-hydrogen) atoms. The van der Waals surface area contributed by atoms with Gasteiger partial charge in [-0.15, -0.1) is 0 Å². The summed E-state index contributed by atoms with van der Waals surface area (Å²) in [5.41, 5.74) is 0.860. The average Bonchev–Trinajstić information content (AvgIpc) is 3.10. The molecule has 1 N–H and O–H groups in total. The van der Waals surface area contributed by atoms with Crippen LogP contribution < -0.4 is 5.32 Å². The van der Waals surface area contributed by atoms with Gasteiger partial charge >= 0.3 is 5.97 Å². The van der Waals surface area contributed by atoms with Crippen LogP contribution in [0.15, 0.2) is 53.1 Å². The van der Waals surface area contributed by atoms with Crippen LogP contribution in [0.1, 0.15) is 16.1 Å². The zero-order valence-electron chi connectivity index (χ0n) is 15.0. The van der Waals surface area contributed by atoms with Crippen molar-refractivity contribution in [3.05, 3.63) is 75.0 Å². The van der Waals surface area contributed by atoms with Crippen LogP contribution in [-0.4, -0.2) is 28.6 Å². The van der Waals surface area contributed by atoms with Gasteiger partial charge in [0.1, 0.15) is 17.0 Å². The topological polar surface area (TPSA) is 125 Å². The lowest BCUT2D eigenvalue weighted by Crippen LogP contribution is -2.21. The summed E-state index contributed by atoms with van der Waals surface area (Å²) in [6, 6.07) is 12.5. The smallest absolute Gasteiger partial charge is 0.344 e. The number of aryl methyl sites for hydroxylation is 1. The Hall–Kier alpha value is -3.72. The number of esters is 1. The number of nitro benzene ring substituents is 1. The largest absolute Gasteiger partial charge is 0.452 e. The van der Waals surface area contributed by atoms with Crippen LogP contribution in [-0.2, 0) is 9.53 Å². The minimum absolute atomic E-state index is 0.0352. The molecule has 0 saturated heterocycles. The van der Waals surface area contributed by atoms with Gasteiger partial charge in [0.05, 0.1) is 15.6 Å². The van der Waals surface area contributed by atoms with Gasteiger partial charge < -0.3 is 14.6 Å². The summed E-state index contributed by atoms with van der Waals surface area (Å²) in [5.74, 6) is -1.25. The number of benzene rings is 2. The van der Waals surface area contributed by atoms with Crippen molar-refractivity contribution in [3.63, 3.8) is 0 Å². The highest BCUT2D eigenvalue weighted by Gasteiger charge is 2.23. The number of rotatable bonds is 6. The van der Waals surface area contributed by atoms with Gasteiger partial charge in [-0.2, -0.15) is 0 Å². The maximum Gasteiger partial charge on any atom is 0.344 e. The molecule has 0 aliphatic carbocycles. The van der Waals surface area contributed by atoms with Crippen molar-refractivity contribution < 1.29 is 23.8 Å². The maximum absolute atomic E-state index is 12.5. The van der Waals surface area contributed by atoms with E-state index in [9.17, 15) is 19.7 Å². The molecule has 0 atom stereocenters. The van der Waals surface area contributed by atoms with Crippen molar-refractivity contribution in [2.75, 3.05) is 11.9 Å².